The maximum absolute atomic E-state index is 11.2. The van der Waals surface area contributed by atoms with Crippen LogP contribution in [0.15, 0.2) is 12.2 Å². The van der Waals surface area contributed by atoms with Crippen molar-refractivity contribution in [1.82, 2.24) is 4.90 Å². The fourth-order valence-electron chi connectivity index (χ4n) is 1.60. The molecule has 1 fully saturated rings. The van der Waals surface area contributed by atoms with E-state index in [9.17, 15) is 9.59 Å². The molecule has 0 bridgehead atoms. The van der Waals surface area contributed by atoms with E-state index in [1.807, 2.05) is 0 Å². The van der Waals surface area contributed by atoms with Crippen LogP contribution in [0.2, 0.25) is 0 Å². The van der Waals surface area contributed by atoms with Crippen molar-refractivity contribution in [2.75, 3.05) is 0 Å². The van der Waals surface area contributed by atoms with Crippen LogP contribution in [0.5, 0.6) is 0 Å². The summed E-state index contributed by atoms with van der Waals surface area (Å²) < 4.78 is 0. The summed E-state index contributed by atoms with van der Waals surface area (Å²) in [5, 5.41) is 0. The second-order valence-electron chi connectivity index (χ2n) is 4.09. The zero-order chi connectivity index (χ0) is 8.93. The highest BCUT2D eigenvalue weighted by atomic mass is 16.2. The Morgan fingerprint density at radius 3 is 2.08 bits per heavy atom. The Morgan fingerprint density at radius 2 is 1.75 bits per heavy atom. The van der Waals surface area contributed by atoms with Gasteiger partial charge in [0.25, 0.3) is 11.8 Å². The Labute approximate surface area is 71.0 Å². The molecule has 0 aromatic carbocycles. The molecule has 0 spiro atoms. The topological polar surface area (TPSA) is 37.4 Å². The first-order valence-electron chi connectivity index (χ1n) is 4.07. The lowest BCUT2D eigenvalue weighted by Crippen LogP contribution is -2.34. The fourth-order valence-corrected chi connectivity index (χ4v) is 1.60. The Bertz CT molecular complexity index is 273. The molecule has 0 aromatic heterocycles. The van der Waals surface area contributed by atoms with Crippen molar-refractivity contribution in [3.63, 3.8) is 0 Å². The van der Waals surface area contributed by atoms with Gasteiger partial charge in [-0.05, 0) is 11.8 Å². The molecule has 1 saturated carbocycles. The van der Waals surface area contributed by atoms with Crippen LogP contribution < -0.4 is 0 Å². The average Bonchev–Trinajstić information content (AvgIpc) is 2.42. The van der Waals surface area contributed by atoms with E-state index in [1.54, 1.807) is 0 Å². The molecular weight excluding hydrogens is 154 g/mol. The summed E-state index contributed by atoms with van der Waals surface area (Å²) >= 11 is 0. The number of carbonyl (C=O) groups is 2. The molecule has 3 heteroatoms. The SMILES string of the molecule is CC1(C)CC1N1C(=O)C=CC1=O. The third kappa shape index (κ3) is 0.891. The lowest BCUT2D eigenvalue weighted by atomic mass is 10.2. The molecule has 1 heterocycles. The van der Waals surface area contributed by atoms with Crippen molar-refractivity contribution in [1.29, 1.82) is 0 Å². The molecule has 2 amide bonds. The van der Waals surface area contributed by atoms with Crippen LogP contribution in [0, 0.1) is 5.41 Å². The molecule has 1 aliphatic heterocycles. The highest BCUT2D eigenvalue weighted by Gasteiger charge is 2.53. The number of nitrogens with zero attached hydrogens (tertiary/aromatic N) is 1. The zero-order valence-electron chi connectivity index (χ0n) is 7.20. The molecule has 0 radical (unpaired) electrons. The average molecular weight is 165 g/mol. The maximum Gasteiger partial charge on any atom is 0.253 e. The van der Waals surface area contributed by atoms with Gasteiger partial charge in [0.1, 0.15) is 0 Å². The van der Waals surface area contributed by atoms with E-state index in [-0.39, 0.29) is 23.3 Å². The summed E-state index contributed by atoms with van der Waals surface area (Å²) in [6, 6.07) is 0.132. The Hall–Kier alpha value is -1.12. The van der Waals surface area contributed by atoms with Crippen molar-refractivity contribution >= 4 is 11.8 Å². The third-order valence-corrected chi connectivity index (χ3v) is 2.62. The standard InChI is InChI=1S/C9H11NO2/c1-9(2)5-6(9)10-7(11)3-4-8(10)12/h3-4,6H,5H2,1-2H3. The van der Waals surface area contributed by atoms with Gasteiger partial charge >= 0.3 is 0 Å². The Kier molecular flexibility index (Phi) is 1.24. The van der Waals surface area contributed by atoms with Gasteiger partial charge < -0.3 is 0 Å². The molecule has 1 unspecified atom stereocenters. The molecule has 2 aliphatic rings. The zero-order valence-corrected chi connectivity index (χ0v) is 7.20. The largest absolute Gasteiger partial charge is 0.272 e. The minimum Gasteiger partial charge on any atom is -0.272 e. The molecule has 2 rings (SSSR count). The van der Waals surface area contributed by atoms with Gasteiger partial charge in [0.2, 0.25) is 0 Å². The first-order chi connectivity index (χ1) is 5.52. The van der Waals surface area contributed by atoms with E-state index in [0.29, 0.717) is 0 Å². The summed E-state index contributed by atoms with van der Waals surface area (Å²) in [6.45, 7) is 4.13. The van der Waals surface area contributed by atoms with Crippen LogP contribution in [-0.2, 0) is 9.59 Å². The summed E-state index contributed by atoms with van der Waals surface area (Å²) in [7, 11) is 0. The molecule has 0 saturated heterocycles. The van der Waals surface area contributed by atoms with E-state index in [0.717, 1.165) is 6.42 Å². The first-order valence-corrected chi connectivity index (χ1v) is 4.07. The molecule has 1 atom stereocenters. The predicted molar refractivity (Wildman–Crippen MR) is 43.2 cm³/mol. The second kappa shape index (κ2) is 1.97. The monoisotopic (exact) mass is 165 g/mol. The third-order valence-electron chi connectivity index (χ3n) is 2.62. The number of rotatable bonds is 1. The van der Waals surface area contributed by atoms with E-state index in [1.165, 1.54) is 17.1 Å². The van der Waals surface area contributed by atoms with Crippen LogP contribution in [0.1, 0.15) is 20.3 Å². The van der Waals surface area contributed by atoms with Crippen LogP contribution in [0.4, 0.5) is 0 Å². The second-order valence-corrected chi connectivity index (χ2v) is 4.09. The predicted octanol–water partition coefficient (Wildman–Crippen LogP) is 0.710. The quantitative estimate of drug-likeness (QED) is 0.536. The van der Waals surface area contributed by atoms with Gasteiger partial charge in [-0.15, -0.1) is 0 Å². The van der Waals surface area contributed by atoms with Gasteiger partial charge in [-0.2, -0.15) is 0 Å². The minimum absolute atomic E-state index is 0.132. The number of carbonyl (C=O) groups excluding carboxylic acids is 2. The lowest BCUT2D eigenvalue weighted by Gasteiger charge is -2.15. The van der Waals surface area contributed by atoms with Crippen LogP contribution in [-0.4, -0.2) is 22.8 Å². The molecule has 12 heavy (non-hydrogen) atoms. The molecule has 0 N–H and O–H groups in total. The highest BCUT2D eigenvalue weighted by Crippen LogP contribution is 2.49. The molecular formula is C9H11NO2. The van der Waals surface area contributed by atoms with Crippen molar-refractivity contribution in [3.8, 4) is 0 Å². The molecule has 64 valence electrons. The van der Waals surface area contributed by atoms with E-state index >= 15 is 0 Å². The van der Waals surface area contributed by atoms with Crippen molar-refractivity contribution in [3.05, 3.63) is 12.2 Å². The van der Waals surface area contributed by atoms with Gasteiger partial charge in [-0.1, -0.05) is 13.8 Å². The molecule has 1 aliphatic carbocycles. The summed E-state index contributed by atoms with van der Waals surface area (Å²) in [6.07, 6.45) is 3.62. The normalized spacial score (nSPS) is 31.5. The lowest BCUT2D eigenvalue weighted by molar-refractivity contribution is -0.137. The Morgan fingerprint density at radius 1 is 1.33 bits per heavy atom. The smallest absolute Gasteiger partial charge is 0.253 e. The number of amides is 2. The summed E-state index contributed by atoms with van der Waals surface area (Å²) in [4.78, 5) is 23.7. The van der Waals surface area contributed by atoms with E-state index in [2.05, 4.69) is 13.8 Å². The van der Waals surface area contributed by atoms with Gasteiger partial charge in [0.05, 0.1) is 0 Å². The Balaban J connectivity index is 2.17. The highest BCUT2D eigenvalue weighted by molar-refractivity contribution is 6.13. The van der Waals surface area contributed by atoms with Crippen molar-refractivity contribution in [2.45, 2.75) is 26.3 Å². The van der Waals surface area contributed by atoms with Crippen LogP contribution in [0.3, 0.4) is 0 Å². The van der Waals surface area contributed by atoms with Gasteiger partial charge in [0, 0.05) is 18.2 Å². The van der Waals surface area contributed by atoms with Gasteiger partial charge in [-0.3, -0.25) is 14.5 Å². The minimum atomic E-state index is -0.157. The maximum atomic E-state index is 11.2. The van der Waals surface area contributed by atoms with Crippen molar-refractivity contribution in [2.24, 2.45) is 5.41 Å². The number of hydrogen-bond acceptors (Lipinski definition) is 2. The van der Waals surface area contributed by atoms with Gasteiger partial charge in [0.15, 0.2) is 0 Å². The van der Waals surface area contributed by atoms with Crippen LogP contribution in [0.25, 0.3) is 0 Å². The first kappa shape index (κ1) is 7.53. The number of hydrogen-bond donors (Lipinski definition) is 0. The van der Waals surface area contributed by atoms with E-state index < -0.39 is 0 Å². The fraction of sp³-hybridized carbons (Fsp3) is 0.556. The molecule has 3 nitrogen and oxygen atoms in total. The summed E-state index contributed by atoms with van der Waals surface area (Å²) in [5.41, 5.74) is 0.136. The van der Waals surface area contributed by atoms with Crippen molar-refractivity contribution < 1.29 is 9.59 Å². The van der Waals surface area contributed by atoms with E-state index in [4.69, 9.17) is 0 Å². The summed E-state index contributed by atoms with van der Waals surface area (Å²) in [5.74, 6) is -0.314. The molecule has 0 aromatic rings. The number of imide groups is 1. The van der Waals surface area contributed by atoms with Crippen LogP contribution >= 0.6 is 0 Å². The van der Waals surface area contributed by atoms with Gasteiger partial charge in [-0.25, -0.2) is 0 Å².